The smallest absolute Gasteiger partial charge is 0.290 e. The molecule has 0 spiro atoms. The zero-order chi connectivity index (χ0) is 23.7. The number of aromatic nitrogens is 4. The second kappa shape index (κ2) is 9.05. The maximum absolute atomic E-state index is 13.2. The summed E-state index contributed by atoms with van der Waals surface area (Å²) in [6.45, 7) is 10.8. The van der Waals surface area contributed by atoms with Crippen LogP contribution in [0.4, 0.5) is 0 Å². The number of unbranched alkanes of at least 4 members (excludes halogenated alkanes) is 2. The number of benzene rings is 1. The molecular formula is C23H32N4O4S. The monoisotopic (exact) mass is 460 g/mol. The van der Waals surface area contributed by atoms with E-state index in [1.807, 2.05) is 13.8 Å². The molecular weight excluding hydrogens is 428 g/mol. The molecule has 0 saturated carbocycles. The topological polar surface area (TPSA) is 96.0 Å². The van der Waals surface area contributed by atoms with Gasteiger partial charge in [-0.1, -0.05) is 59.6 Å². The summed E-state index contributed by atoms with van der Waals surface area (Å²) in [4.78, 5) is 26.1. The summed E-state index contributed by atoms with van der Waals surface area (Å²) < 4.78 is 30.0. The molecule has 9 heteroatoms. The molecule has 2 heterocycles. The quantitative estimate of drug-likeness (QED) is 0.513. The van der Waals surface area contributed by atoms with Gasteiger partial charge < -0.3 is 0 Å². The first-order chi connectivity index (χ1) is 15.0. The molecule has 0 unspecified atom stereocenters. The van der Waals surface area contributed by atoms with Gasteiger partial charge >= 0.3 is 5.69 Å². The zero-order valence-corrected chi connectivity index (χ0v) is 20.3. The van der Waals surface area contributed by atoms with Crippen LogP contribution < -0.4 is 11.2 Å². The third-order valence-corrected chi connectivity index (χ3v) is 7.16. The van der Waals surface area contributed by atoms with Crippen LogP contribution in [0.2, 0.25) is 0 Å². The molecule has 1 aromatic carbocycles. The normalized spacial score (nSPS) is 12.5. The number of rotatable bonds is 8. The van der Waals surface area contributed by atoms with E-state index in [2.05, 4.69) is 25.9 Å². The van der Waals surface area contributed by atoms with Crippen molar-refractivity contribution in [3.05, 3.63) is 56.9 Å². The van der Waals surface area contributed by atoms with Crippen LogP contribution >= 0.6 is 0 Å². The Morgan fingerprint density at radius 2 is 1.47 bits per heavy atom. The first-order valence-corrected chi connectivity index (χ1v) is 12.6. The van der Waals surface area contributed by atoms with E-state index in [-0.39, 0.29) is 27.9 Å². The molecule has 0 aliphatic rings. The Bertz CT molecular complexity index is 1320. The molecule has 0 aliphatic heterocycles. The summed E-state index contributed by atoms with van der Waals surface area (Å²) in [7, 11) is -4.02. The Hall–Kier alpha value is -2.68. The van der Waals surface area contributed by atoms with Crippen molar-refractivity contribution in [2.24, 2.45) is 0 Å². The average molecular weight is 461 g/mol. The van der Waals surface area contributed by atoms with Crippen LogP contribution in [0.15, 0.2) is 44.9 Å². The third kappa shape index (κ3) is 4.44. The molecule has 0 N–H and O–H groups in total. The largest absolute Gasteiger partial charge is 0.331 e. The maximum atomic E-state index is 13.2. The minimum absolute atomic E-state index is 0.00769. The van der Waals surface area contributed by atoms with Gasteiger partial charge in [0.15, 0.2) is 5.52 Å². The number of nitrogens with zero attached hydrogens (tertiary/aromatic N) is 4. The Morgan fingerprint density at radius 3 is 2.00 bits per heavy atom. The lowest BCUT2D eigenvalue weighted by molar-refractivity contribution is 0.532. The molecule has 2 aromatic heterocycles. The fourth-order valence-electron chi connectivity index (χ4n) is 3.56. The Kier molecular flexibility index (Phi) is 6.78. The predicted octanol–water partition coefficient (Wildman–Crippen LogP) is 3.49. The van der Waals surface area contributed by atoms with Crippen LogP contribution in [0.1, 0.15) is 65.9 Å². The van der Waals surface area contributed by atoms with E-state index >= 15 is 0 Å². The first-order valence-electron chi connectivity index (χ1n) is 11.1. The molecule has 0 aliphatic carbocycles. The molecule has 0 saturated heterocycles. The van der Waals surface area contributed by atoms with E-state index in [1.54, 1.807) is 24.3 Å². The lowest BCUT2D eigenvalue weighted by Crippen LogP contribution is -2.40. The van der Waals surface area contributed by atoms with Crippen molar-refractivity contribution in [3.8, 4) is 0 Å². The van der Waals surface area contributed by atoms with E-state index in [1.165, 1.54) is 15.3 Å². The molecule has 0 bridgehead atoms. The molecule has 0 radical (unpaired) electrons. The van der Waals surface area contributed by atoms with Crippen molar-refractivity contribution in [2.45, 2.75) is 83.7 Å². The minimum Gasteiger partial charge on any atom is -0.290 e. The van der Waals surface area contributed by atoms with Gasteiger partial charge in [-0.3, -0.25) is 13.9 Å². The lowest BCUT2D eigenvalue weighted by atomic mass is 9.87. The van der Waals surface area contributed by atoms with E-state index < -0.39 is 21.3 Å². The van der Waals surface area contributed by atoms with Crippen molar-refractivity contribution >= 4 is 21.1 Å². The van der Waals surface area contributed by atoms with E-state index in [4.69, 9.17) is 0 Å². The van der Waals surface area contributed by atoms with Crippen molar-refractivity contribution in [1.29, 1.82) is 0 Å². The summed E-state index contributed by atoms with van der Waals surface area (Å²) in [6, 6.07) is 6.66. The van der Waals surface area contributed by atoms with Gasteiger partial charge in [0.05, 0.1) is 16.6 Å². The Labute approximate surface area is 188 Å². The van der Waals surface area contributed by atoms with E-state index in [9.17, 15) is 18.0 Å². The van der Waals surface area contributed by atoms with Gasteiger partial charge in [0.25, 0.3) is 15.6 Å². The summed E-state index contributed by atoms with van der Waals surface area (Å²) >= 11 is 0. The highest BCUT2D eigenvalue weighted by molar-refractivity contribution is 7.89. The summed E-state index contributed by atoms with van der Waals surface area (Å²) in [6.07, 6.45) is 4.37. The molecule has 8 nitrogen and oxygen atoms in total. The van der Waals surface area contributed by atoms with Gasteiger partial charge in [0, 0.05) is 13.1 Å². The maximum Gasteiger partial charge on any atom is 0.331 e. The SMILES string of the molecule is CCCCn1c(=O)c2nn(S(=O)(=O)c3ccc(C(C)(C)C)cc3)cc2n(CCCC)c1=O. The number of fused-ring (bicyclic) bond motifs is 1. The highest BCUT2D eigenvalue weighted by Gasteiger charge is 2.24. The Morgan fingerprint density at radius 1 is 0.906 bits per heavy atom. The van der Waals surface area contributed by atoms with Crippen LogP contribution in [0.5, 0.6) is 0 Å². The van der Waals surface area contributed by atoms with Gasteiger partial charge in [-0.15, -0.1) is 0 Å². The van der Waals surface area contributed by atoms with E-state index in [0.717, 1.165) is 28.9 Å². The third-order valence-electron chi connectivity index (χ3n) is 5.61. The van der Waals surface area contributed by atoms with Crippen LogP contribution in [-0.2, 0) is 28.5 Å². The van der Waals surface area contributed by atoms with Crippen molar-refractivity contribution in [2.75, 3.05) is 0 Å². The van der Waals surface area contributed by atoms with Crippen LogP contribution in [0.3, 0.4) is 0 Å². The fraction of sp³-hybridized carbons (Fsp3) is 0.522. The van der Waals surface area contributed by atoms with Gasteiger partial charge in [-0.25, -0.2) is 4.79 Å². The lowest BCUT2D eigenvalue weighted by Gasteiger charge is -2.19. The molecule has 32 heavy (non-hydrogen) atoms. The summed E-state index contributed by atoms with van der Waals surface area (Å²) in [5.74, 6) is 0. The first kappa shape index (κ1) is 24.0. The molecule has 0 fully saturated rings. The number of aryl methyl sites for hydroxylation is 1. The van der Waals surface area contributed by atoms with Gasteiger partial charge in [-0.2, -0.15) is 17.6 Å². The second-order valence-electron chi connectivity index (χ2n) is 9.11. The van der Waals surface area contributed by atoms with E-state index in [0.29, 0.717) is 13.0 Å². The Balaban J connectivity index is 2.18. The highest BCUT2D eigenvalue weighted by atomic mass is 32.2. The van der Waals surface area contributed by atoms with Crippen molar-refractivity contribution < 1.29 is 8.42 Å². The van der Waals surface area contributed by atoms with Crippen molar-refractivity contribution in [1.82, 2.24) is 18.3 Å². The van der Waals surface area contributed by atoms with Gasteiger partial charge in [-0.05, 0) is 36.0 Å². The van der Waals surface area contributed by atoms with Gasteiger partial charge in [0.2, 0.25) is 0 Å². The summed E-state index contributed by atoms with van der Waals surface area (Å²) in [5, 5.41) is 4.15. The molecule has 0 atom stereocenters. The molecule has 174 valence electrons. The standard InChI is InChI=1S/C23H32N4O4S/c1-6-8-14-25-19-16-27(24-20(19)21(28)26(22(25)29)15-9-7-2)32(30,31)18-12-10-17(11-13-18)23(3,4)5/h10-13,16H,6-9,14-15H2,1-5H3. The minimum atomic E-state index is -4.02. The number of hydrogen-bond acceptors (Lipinski definition) is 5. The van der Waals surface area contributed by atoms with Gasteiger partial charge in [0.1, 0.15) is 0 Å². The molecule has 3 aromatic rings. The summed E-state index contributed by atoms with van der Waals surface area (Å²) in [5.41, 5.74) is 0.165. The molecule has 3 rings (SSSR count). The fourth-order valence-corrected chi connectivity index (χ4v) is 4.69. The van der Waals surface area contributed by atoms with Crippen LogP contribution in [-0.4, -0.2) is 26.7 Å². The zero-order valence-electron chi connectivity index (χ0n) is 19.5. The van der Waals surface area contributed by atoms with Crippen LogP contribution in [0.25, 0.3) is 11.0 Å². The van der Waals surface area contributed by atoms with Crippen LogP contribution in [0, 0.1) is 0 Å². The second-order valence-corrected chi connectivity index (χ2v) is 10.9. The molecule has 0 amide bonds. The average Bonchev–Trinajstić information content (AvgIpc) is 3.19. The highest BCUT2D eigenvalue weighted by Crippen LogP contribution is 2.24. The van der Waals surface area contributed by atoms with Crippen molar-refractivity contribution in [3.63, 3.8) is 0 Å². The number of hydrogen-bond donors (Lipinski definition) is 0. The predicted molar refractivity (Wildman–Crippen MR) is 126 cm³/mol.